The van der Waals surface area contributed by atoms with Crippen LogP contribution in [0.15, 0.2) is 18.2 Å². The number of carboxylic acid groups (broad SMARTS) is 1. The molecule has 4 nitrogen and oxygen atoms in total. The van der Waals surface area contributed by atoms with Gasteiger partial charge in [-0.2, -0.15) is 0 Å². The van der Waals surface area contributed by atoms with E-state index in [-0.39, 0.29) is 29.9 Å². The number of hydrogen-bond acceptors (Lipinski definition) is 2. The molecule has 6 heteroatoms. The fourth-order valence-corrected chi connectivity index (χ4v) is 4.52. The minimum absolute atomic E-state index is 0.0125. The molecular formula is C18H19F2NO3. The van der Waals surface area contributed by atoms with Crippen LogP contribution < -0.4 is 0 Å². The van der Waals surface area contributed by atoms with Gasteiger partial charge < -0.3 is 10.0 Å². The number of rotatable bonds is 3. The number of amides is 1. The molecule has 3 aliphatic carbocycles. The third-order valence-corrected chi connectivity index (χ3v) is 5.93. The summed E-state index contributed by atoms with van der Waals surface area (Å²) in [4.78, 5) is 25.3. The van der Waals surface area contributed by atoms with E-state index in [2.05, 4.69) is 0 Å². The molecular weight excluding hydrogens is 316 g/mol. The van der Waals surface area contributed by atoms with Crippen LogP contribution in [0.4, 0.5) is 8.78 Å². The molecule has 5 rings (SSSR count). The molecule has 1 aromatic rings. The first kappa shape index (κ1) is 15.5. The van der Waals surface area contributed by atoms with Gasteiger partial charge in [0.1, 0.15) is 5.82 Å². The zero-order chi connectivity index (χ0) is 17.1. The second-order valence-electron chi connectivity index (χ2n) is 7.53. The third kappa shape index (κ3) is 2.08. The predicted molar refractivity (Wildman–Crippen MR) is 81.7 cm³/mol. The minimum Gasteiger partial charge on any atom is -0.478 e. The molecule has 3 saturated carbocycles. The molecule has 4 aliphatic rings. The van der Waals surface area contributed by atoms with Gasteiger partial charge in [-0.25, -0.2) is 13.6 Å². The van der Waals surface area contributed by atoms with E-state index in [1.807, 2.05) is 0 Å². The summed E-state index contributed by atoms with van der Waals surface area (Å²) in [6.07, 6.45) is 3.21. The second kappa shape index (κ2) is 5.01. The summed E-state index contributed by atoms with van der Waals surface area (Å²) < 4.78 is 30.0. The summed E-state index contributed by atoms with van der Waals surface area (Å²) in [6.45, 7) is 0.287. The van der Waals surface area contributed by atoms with E-state index in [0.717, 1.165) is 25.3 Å². The second-order valence-corrected chi connectivity index (χ2v) is 7.53. The maximum Gasteiger partial charge on any atom is 0.338 e. The van der Waals surface area contributed by atoms with Crippen molar-refractivity contribution in [3.05, 3.63) is 35.1 Å². The molecule has 1 atom stereocenters. The number of carbonyl (C=O) groups excluding carboxylic acids is 1. The predicted octanol–water partition coefficient (Wildman–Crippen LogP) is 3.11. The van der Waals surface area contributed by atoms with Crippen LogP contribution in [0.25, 0.3) is 0 Å². The quantitative estimate of drug-likeness (QED) is 0.923. The van der Waals surface area contributed by atoms with Crippen molar-refractivity contribution in [2.24, 2.45) is 11.3 Å². The number of benzene rings is 1. The Bertz CT molecular complexity index is 718. The molecule has 24 heavy (non-hydrogen) atoms. The van der Waals surface area contributed by atoms with E-state index in [1.54, 1.807) is 0 Å². The van der Waals surface area contributed by atoms with E-state index in [1.165, 1.54) is 17.0 Å². The van der Waals surface area contributed by atoms with E-state index in [9.17, 15) is 14.0 Å². The lowest BCUT2D eigenvalue weighted by Gasteiger charge is -2.61. The normalized spacial score (nSPS) is 34.2. The summed E-state index contributed by atoms with van der Waals surface area (Å²) in [5.74, 6) is -1.82. The molecule has 1 saturated heterocycles. The number of carboxylic acids is 1. The van der Waals surface area contributed by atoms with Crippen LogP contribution in [0, 0.1) is 17.2 Å². The maximum atomic E-state index is 15.5. The standard InChI is InChI=1S/C18H19F2NO3/c19-14-12(15(22)23)3-1-4-13(14)18(20)5-2-6-21(10-18)16(24)17-7-11(8-17)9-17/h1,3-4,11H,2,5-10H2,(H,22,23)/t11?,17?,18-/m0/s1. The van der Waals surface area contributed by atoms with Crippen molar-refractivity contribution >= 4 is 11.9 Å². The Morgan fingerprint density at radius 3 is 2.54 bits per heavy atom. The van der Waals surface area contributed by atoms with Crippen molar-refractivity contribution < 1.29 is 23.5 Å². The molecule has 1 aliphatic heterocycles. The Balaban J connectivity index is 1.61. The van der Waals surface area contributed by atoms with Crippen LogP contribution in [0.5, 0.6) is 0 Å². The Morgan fingerprint density at radius 1 is 1.25 bits per heavy atom. The molecule has 4 fully saturated rings. The third-order valence-electron chi connectivity index (χ3n) is 5.93. The molecule has 1 amide bonds. The summed E-state index contributed by atoms with van der Waals surface area (Å²) >= 11 is 0. The first-order valence-corrected chi connectivity index (χ1v) is 8.35. The van der Waals surface area contributed by atoms with E-state index >= 15 is 4.39 Å². The van der Waals surface area contributed by atoms with Gasteiger partial charge in [-0.15, -0.1) is 0 Å². The first-order valence-electron chi connectivity index (χ1n) is 8.35. The van der Waals surface area contributed by atoms with Crippen molar-refractivity contribution in [1.82, 2.24) is 4.90 Å². The summed E-state index contributed by atoms with van der Waals surface area (Å²) in [5.41, 5.74) is -3.11. The minimum atomic E-state index is -2.03. The lowest BCUT2D eigenvalue weighted by atomic mass is 9.44. The van der Waals surface area contributed by atoms with E-state index < -0.39 is 23.0 Å². The fraction of sp³-hybridized carbons (Fsp3) is 0.556. The van der Waals surface area contributed by atoms with Gasteiger partial charge in [-0.05, 0) is 44.1 Å². The van der Waals surface area contributed by atoms with Gasteiger partial charge in [0, 0.05) is 12.1 Å². The Kier molecular flexibility index (Phi) is 3.24. The highest BCUT2D eigenvalue weighted by Gasteiger charge is 2.63. The van der Waals surface area contributed by atoms with Crippen LogP contribution >= 0.6 is 0 Å². The van der Waals surface area contributed by atoms with Crippen molar-refractivity contribution in [2.75, 3.05) is 13.1 Å². The highest BCUT2D eigenvalue weighted by atomic mass is 19.1. The number of likely N-dealkylation sites (tertiary alicyclic amines) is 1. The summed E-state index contributed by atoms with van der Waals surface area (Å²) in [6, 6.07) is 3.76. The van der Waals surface area contributed by atoms with Gasteiger partial charge in [0.15, 0.2) is 5.67 Å². The molecule has 0 radical (unpaired) electrons. The van der Waals surface area contributed by atoms with Crippen molar-refractivity contribution in [3.8, 4) is 0 Å². The Labute approximate surface area is 138 Å². The maximum absolute atomic E-state index is 15.5. The summed E-state index contributed by atoms with van der Waals surface area (Å²) in [5, 5.41) is 9.04. The van der Waals surface area contributed by atoms with Crippen LogP contribution in [0.1, 0.15) is 48.0 Å². The largest absolute Gasteiger partial charge is 0.478 e. The number of nitrogens with zero attached hydrogens (tertiary/aromatic N) is 1. The number of aromatic carboxylic acids is 1. The van der Waals surface area contributed by atoms with Gasteiger partial charge >= 0.3 is 5.97 Å². The van der Waals surface area contributed by atoms with Crippen LogP contribution in [0.2, 0.25) is 0 Å². The highest BCUT2D eigenvalue weighted by Crippen LogP contribution is 2.65. The van der Waals surface area contributed by atoms with Crippen molar-refractivity contribution in [2.45, 2.75) is 37.8 Å². The van der Waals surface area contributed by atoms with Crippen LogP contribution in [-0.4, -0.2) is 35.0 Å². The SMILES string of the molecule is O=C(O)c1cccc([C@]2(F)CCCN(C(=O)C34CC(C3)C4)C2)c1F. The van der Waals surface area contributed by atoms with Gasteiger partial charge in [-0.3, -0.25) is 4.79 Å². The Morgan fingerprint density at radius 2 is 1.96 bits per heavy atom. The topological polar surface area (TPSA) is 57.6 Å². The lowest BCUT2D eigenvalue weighted by Crippen LogP contribution is -2.63. The first-order chi connectivity index (χ1) is 11.3. The highest BCUT2D eigenvalue weighted by molar-refractivity contribution is 5.88. The number of alkyl halides is 1. The van der Waals surface area contributed by atoms with Crippen molar-refractivity contribution in [1.29, 1.82) is 0 Å². The zero-order valence-electron chi connectivity index (χ0n) is 13.2. The molecule has 1 N–H and O–H groups in total. The fourth-order valence-electron chi connectivity index (χ4n) is 4.52. The zero-order valence-corrected chi connectivity index (χ0v) is 13.2. The number of hydrogen-bond donors (Lipinski definition) is 1. The average molecular weight is 335 g/mol. The number of carbonyl (C=O) groups is 2. The van der Waals surface area contributed by atoms with Crippen molar-refractivity contribution in [3.63, 3.8) is 0 Å². The molecule has 1 aromatic carbocycles. The van der Waals surface area contributed by atoms with Gasteiger partial charge in [-0.1, -0.05) is 12.1 Å². The molecule has 1 heterocycles. The molecule has 128 valence electrons. The number of halogens is 2. The number of piperidine rings is 1. The van der Waals surface area contributed by atoms with E-state index in [0.29, 0.717) is 18.9 Å². The smallest absolute Gasteiger partial charge is 0.338 e. The lowest BCUT2D eigenvalue weighted by molar-refractivity contribution is -0.180. The molecule has 0 spiro atoms. The molecule has 0 unspecified atom stereocenters. The monoisotopic (exact) mass is 335 g/mol. The van der Waals surface area contributed by atoms with Gasteiger partial charge in [0.05, 0.1) is 17.5 Å². The average Bonchev–Trinajstić information content (AvgIpc) is 2.43. The Hall–Kier alpha value is -1.98. The van der Waals surface area contributed by atoms with E-state index in [4.69, 9.17) is 5.11 Å². The molecule has 2 bridgehead atoms. The molecule has 0 aromatic heterocycles. The van der Waals surface area contributed by atoms with Crippen LogP contribution in [0.3, 0.4) is 0 Å². The van der Waals surface area contributed by atoms with Crippen LogP contribution in [-0.2, 0) is 10.5 Å². The van der Waals surface area contributed by atoms with Gasteiger partial charge in [0.25, 0.3) is 0 Å². The van der Waals surface area contributed by atoms with Gasteiger partial charge in [0.2, 0.25) is 5.91 Å². The summed E-state index contributed by atoms with van der Waals surface area (Å²) in [7, 11) is 0.